The summed E-state index contributed by atoms with van der Waals surface area (Å²) < 4.78 is 0. The topological polar surface area (TPSA) is 12.4 Å². The summed E-state index contributed by atoms with van der Waals surface area (Å²) in [5.41, 5.74) is 0. The minimum atomic E-state index is 0.523. The van der Waals surface area contributed by atoms with E-state index in [1.807, 2.05) is 0 Å². The molecule has 15 heavy (non-hydrogen) atoms. The number of nitrogens with zero attached hydrogens (tertiary/aromatic N) is 1. The molecule has 0 aliphatic rings. The minimum Gasteiger partial charge on any atom is -0.295 e. The first-order valence-electron chi connectivity index (χ1n) is 6.82. The number of unbranched alkanes of at least 4 members (excludes halogenated alkanes) is 7. The van der Waals surface area contributed by atoms with Crippen LogP contribution in [0, 0.1) is 0 Å². The first-order valence-corrected chi connectivity index (χ1v) is 6.82. The van der Waals surface area contributed by atoms with Crippen LogP contribution in [0.2, 0.25) is 0 Å². The van der Waals surface area contributed by atoms with E-state index in [2.05, 4.69) is 32.0 Å². The monoisotopic (exact) mass is 211 g/mol. The van der Waals surface area contributed by atoms with Crippen molar-refractivity contribution in [3.8, 4) is 0 Å². The minimum absolute atomic E-state index is 0.523. The Bertz CT molecular complexity index is 140. The van der Waals surface area contributed by atoms with Crippen molar-refractivity contribution in [3.05, 3.63) is 0 Å². The summed E-state index contributed by atoms with van der Waals surface area (Å²) in [5.74, 6) is 0. The van der Waals surface area contributed by atoms with Crippen LogP contribution in [0.5, 0.6) is 0 Å². The molecule has 1 heteroatoms. The lowest BCUT2D eigenvalue weighted by Crippen LogP contribution is -1.94. The van der Waals surface area contributed by atoms with Gasteiger partial charge in [-0.05, 0) is 32.4 Å². The van der Waals surface area contributed by atoms with Crippen LogP contribution in [0.1, 0.15) is 78.6 Å². The van der Waals surface area contributed by atoms with E-state index in [1.165, 1.54) is 51.4 Å². The van der Waals surface area contributed by atoms with Gasteiger partial charge in [-0.15, -0.1) is 0 Å². The van der Waals surface area contributed by atoms with Crippen LogP contribution in [0.25, 0.3) is 0 Å². The third-order valence-corrected chi connectivity index (χ3v) is 2.89. The highest BCUT2D eigenvalue weighted by atomic mass is 14.7. The molecule has 0 aromatic rings. The maximum absolute atomic E-state index is 4.46. The van der Waals surface area contributed by atoms with Gasteiger partial charge in [0.05, 0.1) is 0 Å². The van der Waals surface area contributed by atoms with E-state index in [-0.39, 0.29) is 0 Å². The summed E-state index contributed by atoms with van der Waals surface area (Å²) in [6.45, 7) is 6.64. The van der Waals surface area contributed by atoms with Crippen molar-refractivity contribution in [2.45, 2.75) is 84.6 Å². The lowest BCUT2D eigenvalue weighted by atomic mass is 10.1. The maximum atomic E-state index is 4.46. The summed E-state index contributed by atoms with van der Waals surface area (Å²) in [6.07, 6.45) is 14.2. The van der Waals surface area contributed by atoms with Gasteiger partial charge in [-0.3, -0.25) is 4.99 Å². The van der Waals surface area contributed by atoms with E-state index in [1.54, 1.807) is 0 Å². The fourth-order valence-electron chi connectivity index (χ4n) is 1.55. The van der Waals surface area contributed by atoms with Crippen molar-refractivity contribution in [2.75, 3.05) is 0 Å². The summed E-state index contributed by atoms with van der Waals surface area (Å²) in [4.78, 5) is 4.46. The smallest absolute Gasteiger partial charge is 0.0464 e. The van der Waals surface area contributed by atoms with Gasteiger partial charge in [0.2, 0.25) is 0 Å². The summed E-state index contributed by atoms with van der Waals surface area (Å²) in [6, 6.07) is 0.523. The van der Waals surface area contributed by atoms with Crippen LogP contribution in [-0.4, -0.2) is 12.3 Å². The summed E-state index contributed by atoms with van der Waals surface area (Å²) in [5, 5.41) is 0. The van der Waals surface area contributed by atoms with Crippen LogP contribution in [0.15, 0.2) is 4.99 Å². The van der Waals surface area contributed by atoms with Gasteiger partial charge in [-0.1, -0.05) is 52.4 Å². The van der Waals surface area contributed by atoms with Gasteiger partial charge in [0.1, 0.15) is 0 Å². The van der Waals surface area contributed by atoms with Crippen LogP contribution < -0.4 is 0 Å². The molecule has 0 aliphatic carbocycles. The maximum Gasteiger partial charge on any atom is 0.0464 e. The van der Waals surface area contributed by atoms with E-state index in [4.69, 9.17) is 0 Å². The third kappa shape index (κ3) is 11.6. The highest BCUT2D eigenvalue weighted by molar-refractivity contribution is 5.57. The molecule has 90 valence electrons. The van der Waals surface area contributed by atoms with Crippen molar-refractivity contribution < 1.29 is 0 Å². The van der Waals surface area contributed by atoms with Crippen LogP contribution in [0.4, 0.5) is 0 Å². The number of hydrogen-bond donors (Lipinski definition) is 0. The molecule has 0 radical (unpaired) electrons. The Morgan fingerprint density at radius 1 is 0.933 bits per heavy atom. The van der Waals surface area contributed by atoms with E-state index < -0.39 is 0 Å². The Morgan fingerprint density at radius 3 is 2.13 bits per heavy atom. The average molecular weight is 211 g/mol. The third-order valence-electron chi connectivity index (χ3n) is 2.89. The van der Waals surface area contributed by atoms with E-state index in [9.17, 15) is 0 Å². The second-order valence-electron chi connectivity index (χ2n) is 4.50. The molecule has 0 aromatic heterocycles. The molecule has 0 saturated carbocycles. The van der Waals surface area contributed by atoms with Crippen molar-refractivity contribution in [2.24, 2.45) is 4.99 Å². The Balaban J connectivity index is 3.07. The van der Waals surface area contributed by atoms with Crippen LogP contribution in [-0.2, 0) is 0 Å². The van der Waals surface area contributed by atoms with Gasteiger partial charge in [0.25, 0.3) is 0 Å². The Morgan fingerprint density at radius 2 is 1.53 bits per heavy atom. The molecule has 1 atom stereocenters. The van der Waals surface area contributed by atoms with Crippen molar-refractivity contribution in [1.29, 1.82) is 0 Å². The van der Waals surface area contributed by atoms with Crippen molar-refractivity contribution in [3.63, 3.8) is 0 Å². The fourth-order valence-corrected chi connectivity index (χ4v) is 1.55. The Labute approximate surface area is 96.4 Å². The van der Waals surface area contributed by atoms with Crippen molar-refractivity contribution in [1.82, 2.24) is 0 Å². The predicted molar refractivity (Wildman–Crippen MR) is 70.9 cm³/mol. The zero-order chi connectivity index (χ0) is 11.4. The molecule has 0 spiro atoms. The second kappa shape index (κ2) is 11.7. The molecule has 0 saturated heterocycles. The van der Waals surface area contributed by atoms with Gasteiger partial charge in [0, 0.05) is 6.04 Å². The standard InChI is InChI=1S/C14H29N/c1-4-6-7-8-9-10-11-12-13-15-14(3)5-2/h13-14H,4-12H2,1-3H3. The molecule has 0 amide bonds. The highest BCUT2D eigenvalue weighted by Crippen LogP contribution is 2.07. The first kappa shape index (κ1) is 14.7. The second-order valence-corrected chi connectivity index (χ2v) is 4.50. The molecule has 0 N–H and O–H groups in total. The van der Waals surface area contributed by atoms with Gasteiger partial charge in [0.15, 0.2) is 0 Å². The molecule has 1 nitrogen and oxygen atoms in total. The van der Waals surface area contributed by atoms with Gasteiger partial charge in [-0.2, -0.15) is 0 Å². The molecule has 0 rings (SSSR count). The van der Waals surface area contributed by atoms with Gasteiger partial charge >= 0.3 is 0 Å². The Kier molecular flexibility index (Phi) is 11.5. The molecular weight excluding hydrogens is 182 g/mol. The number of hydrogen-bond acceptors (Lipinski definition) is 1. The molecule has 1 unspecified atom stereocenters. The normalized spacial score (nSPS) is 13.5. The largest absolute Gasteiger partial charge is 0.295 e. The molecule has 0 fully saturated rings. The van der Waals surface area contributed by atoms with Crippen LogP contribution in [0.3, 0.4) is 0 Å². The molecule has 0 bridgehead atoms. The zero-order valence-electron chi connectivity index (χ0n) is 11.0. The zero-order valence-corrected chi connectivity index (χ0v) is 11.0. The molecule has 0 heterocycles. The summed E-state index contributed by atoms with van der Waals surface area (Å²) >= 11 is 0. The van der Waals surface area contributed by atoms with E-state index >= 15 is 0 Å². The summed E-state index contributed by atoms with van der Waals surface area (Å²) in [7, 11) is 0. The highest BCUT2D eigenvalue weighted by Gasteiger charge is 1.91. The van der Waals surface area contributed by atoms with E-state index in [0.717, 1.165) is 6.42 Å². The van der Waals surface area contributed by atoms with Gasteiger partial charge < -0.3 is 0 Å². The molecular formula is C14H29N. The Hall–Kier alpha value is -0.330. The lowest BCUT2D eigenvalue weighted by Gasteiger charge is -2.00. The fraction of sp³-hybridized carbons (Fsp3) is 0.929. The SMILES string of the molecule is CCCCCCCCCC=NC(C)CC. The number of aliphatic imine (C=N–C) groups is 1. The number of rotatable bonds is 10. The first-order chi connectivity index (χ1) is 7.31. The predicted octanol–water partition coefficient (Wildman–Crippen LogP) is 5.00. The van der Waals surface area contributed by atoms with E-state index in [0.29, 0.717) is 6.04 Å². The van der Waals surface area contributed by atoms with Gasteiger partial charge in [-0.25, -0.2) is 0 Å². The lowest BCUT2D eigenvalue weighted by molar-refractivity contribution is 0.595. The quantitative estimate of drug-likeness (QED) is 0.356. The van der Waals surface area contributed by atoms with Crippen molar-refractivity contribution >= 4 is 6.21 Å². The molecule has 0 aromatic carbocycles. The van der Waals surface area contributed by atoms with Crippen LogP contribution >= 0.6 is 0 Å². The average Bonchev–Trinajstić information content (AvgIpc) is 2.26. The molecule has 0 aliphatic heterocycles.